The van der Waals surface area contributed by atoms with Crippen LogP contribution in [0.4, 0.5) is 18.3 Å². The van der Waals surface area contributed by atoms with Gasteiger partial charge in [-0.3, -0.25) is 10.1 Å². The lowest BCUT2D eigenvalue weighted by Gasteiger charge is -2.09. The Morgan fingerprint density at radius 1 is 1.12 bits per heavy atom. The molecule has 3 nitrogen and oxygen atoms in total. The fourth-order valence-electron chi connectivity index (χ4n) is 2.32. The van der Waals surface area contributed by atoms with Crippen LogP contribution in [0.5, 0.6) is 0 Å². The van der Waals surface area contributed by atoms with Gasteiger partial charge < -0.3 is 0 Å². The number of anilines is 1. The molecule has 0 bridgehead atoms. The summed E-state index contributed by atoms with van der Waals surface area (Å²) >= 11 is 1.16. The lowest BCUT2D eigenvalue weighted by molar-refractivity contribution is -0.137. The van der Waals surface area contributed by atoms with Crippen LogP contribution in [0.2, 0.25) is 0 Å². The van der Waals surface area contributed by atoms with Crippen LogP contribution in [-0.4, -0.2) is 10.9 Å². The standard InChI is InChI=1S/C18H13F3N2OS/c1-11-7-13(9-14(8-11)18(19,20)21)15-10-25-17(22-15)23-16(24)12-5-3-2-4-6-12/h2-10H,1H3,(H,22,23,24). The summed E-state index contributed by atoms with van der Waals surface area (Å²) < 4.78 is 38.9. The number of alkyl halides is 3. The highest BCUT2D eigenvalue weighted by Crippen LogP contribution is 2.34. The van der Waals surface area contributed by atoms with E-state index < -0.39 is 11.7 Å². The van der Waals surface area contributed by atoms with Gasteiger partial charge in [0.25, 0.3) is 5.91 Å². The number of hydrogen-bond acceptors (Lipinski definition) is 3. The van der Waals surface area contributed by atoms with E-state index in [-0.39, 0.29) is 5.91 Å². The minimum absolute atomic E-state index is 0.318. The summed E-state index contributed by atoms with van der Waals surface area (Å²) in [5, 5.41) is 4.61. The van der Waals surface area contributed by atoms with Gasteiger partial charge in [0.1, 0.15) is 0 Å². The summed E-state index contributed by atoms with van der Waals surface area (Å²) in [6.45, 7) is 1.60. The summed E-state index contributed by atoms with van der Waals surface area (Å²) in [5.74, 6) is -0.318. The third-order valence-corrected chi connectivity index (χ3v) is 4.22. The second-order valence-electron chi connectivity index (χ2n) is 5.44. The van der Waals surface area contributed by atoms with Gasteiger partial charge >= 0.3 is 6.18 Å². The fraction of sp³-hybridized carbons (Fsp3) is 0.111. The molecular formula is C18H13F3N2OS. The first-order valence-corrected chi connectivity index (χ1v) is 8.22. The first-order chi connectivity index (χ1) is 11.8. The third kappa shape index (κ3) is 4.06. The van der Waals surface area contributed by atoms with E-state index in [2.05, 4.69) is 10.3 Å². The van der Waals surface area contributed by atoms with Gasteiger partial charge in [0.05, 0.1) is 11.3 Å². The molecule has 1 N–H and O–H groups in total. The summed E-state index contributed by atoms with van der Waals surface area (Å²) in [6.07, 6.45) is -4.42. The van der Waals surface area contributed by atoms with Crippen LogP contribution in [0.3, 0.4) is 0 Å². The lowest BCUT2D eigenvalue weighted by atomic mass is 10.0. The van der Waals surface area contributed by atoms with Gasteiger partial charge in [-0.1, -0.05) is 18.2 Å². The minimum atomic E-state index is -4.42. The molecule has 2 aromatic carbocycles. The topological polar surface area (TPSA) is 42.0 Å². The number of amides is 1. The Bertz CT molecular complexity index is 904. The maximum absolute atomic E-state index is 13.0. The van der Waals surface area contributed by atoms with Crippen LogP contribution in [0.25, 0.3) is 11.3 Å². The zero-order valence-corrected chi connectivity index (χ0v) is 13.9. The number of rotatable bonds is 3. The van der Waals surface area contributed by atoms with Gasteiger partial charge in [-0.2, -0.15) is 13.2 Å². The number of nitrogens with zero attached hydrogens (tertiary/aromatic N) is 1. The number of carbonyl (C=O) groups is 1. The Hall–Kier alpha value is -2.67. The monoisotopic (exact) mass is 362 g/mol. The van der Waals surface area contributed by atoms with Crippen LogP contribution in [-0.2, 0) is 6.18 Å². The molecule has 0 saturated carbocycles. The molecule has 0 spiro atoms. The van der Waals surface area contributed by atoms with E-state index in [1.807, 2.05) is 0 Å². The third-order valence-electron chi connectivity index (χ3n) is 3.46. The first-order valence-electron chi connectivity index (χ1n) is 7.34. The Kier molecular flexibility index (Phi) is 4.59. The number of aryl methyl sites for hydroxylation is 1. The summed E-state index contributed by atoms with van der Waals surface area (Å²) in [5.41, 5.74) is 1.01. The quantitative estimate of drug-likeness (QED) is 0.679. The smallest absolute Gasteiger partial charge is 0.298 e. The molecule has 0 aliphatic carbocycles. The van der Waals surface area contributed by atoms with E-state index in [9.17, 15) is 18.0 Å². The molecular weight excluding hydrogens is 349 g/mol. The SMILES string of the molecule is Cc1cc(-c2csc(NC(=O)c3ccccc3)n2)cc(C(F)(F)F)c1. The van der Waals surface area contributed by atoms with Gasteiger partial charge in [-0.15, -0.1) is 11.3 Å². The van der Waals surface area contributed by atoms with Gasteiger partial charge in [-0.05, 0) is 42.8 Å². The zero-order valence-electron chi connectivity index (χ0n) is 13.1. The van der Waals surface area contributed by atoms with Gasteiger partial charge in [0.2, 0.25) is 0 Å². The number of benzene rings is 2. The molecule has 0 unspecified atom stereocenters. The van der Waals surface area contributed by atoms with E-state index in [1.165, 1.54) is 0 Å². The Labute approximate surface area is 146 Å². The summed E-state index contributed by atoms with van der Waals surface area (Å²) in [4.78, 5) is 16.3. The number of halogens is 3. The molecule has 25 heavy (non-hydrogen) atoms. The molecule has 1 aromatic heterocycles. The second-order valence-corrected chi connectivity index (χ2v) is 6.30. The lowest BCUT2D eigenvalue weighted by Crippen LogP contribution is -2.11. The molecule has 7 heteroatoms. The molecule has 128 valence electrons. The fourth-order valence-corrected chi connectivity index (χ4v) is 3.03. The zero-order chi connectivity index (χ0) is 18.0. The highest BCUT2D eigenvalue weighted by molar-refractivity contribution is 7.14. The minimum Gasteiger partial charge on any atom is -0.298 e. The number of carbonyl (C=O) groups excluding carboxylic acids is 1. The van der Waals surface area contributed by atoms with Crippen molar-refractivity contribution in [1.29, 1.82) is 0 Å². The van der Waals surface area contributed by atoms with Crippen LogP contribution in [0.15, 0.2) is 53.9 Å². The molecule has 0 radical (unpaired) electrons. The van der Waals surface area contributed by atoms with Crippen molar-refractivity contribution in [3.8, 4) is 11.3 Å². The van der Waals surface area contributed by atoms with E-state index in [4.69, 9.17) is 0 Å². The second kappa shape index (κ2) is 6.68. The number of thiazole rings is 1. The van der Waals surface area contributed by atoms with E-state index in [1.54, 1.807) is 48.7 Å². The van der Waals surface area contributed by atoms with Crippen molar-refractivity contribution in [2.75, 3.05) is 5.32 Å². The van der Waals surface area contributed by atoms with Gasteiger partial charge in [-0.25, -0.2) is 4.98 Å². The molecule has 3 aromatic rings. The van der Waals surface area contributed by atoms with Crippen molar-refractivity contribution in [3.05, 3.63) is 70.6 Å². The normalized spacial score (nSPS) is 11.4. The predicted molar refractivity (Wildman–Crippen MR) is 91.7 cm³/mol. The molecule has 1 amide bonds. The van der Waals surface area contributed by atoms with E-state index >= 15 is 0 Å². The van der Waals surface area contributed by atoms with Crippen molar-refractivity contribution < 1.29 is 18.0 Å². The highest BCUT2D eigenvalue weighted by atomic mass is 32.1. The van der Waals surface area contributed by atoms with Crippen molar-refractivity contribution in [2.24, 2.45) is 0 Å². The van der Waals surface area contributed by atoms with Gasteiger partial charge in [0, 0.05) is 16.5 Å². The molecule has 0 aliphatic heterocycles. The molecule has 1 heterocycles. The Morgan fingerprint density at radius 3 is 2.52 bits per heavy atom. The average Bonchev–Trinajstić information content (AvgIpc) is 3.03. The average molecular weight is 362 g/mol. The number of nitrogens with one attached hydrogen (secondary N) is 1. The molecule has 3 rings (SSSR count). The van der Waals surface area contributed by atoms with E-state index in [0.29, 0.717) is 27.5 Å². The van der Waals surface area contributed by atoms with Crippen molar-refractivity contribution >= 4 is 22.4 Å². The van der Waals surface area contributed by atoms with E-state index in [0.717, 1.165) is 23.5 Å². The summed E-state index contributed by atoms with van der Waals surface area (Å²) in [6, 6.07) is 12.4. The first kappa shape index (κ1) is 17.2. The largest absolute Gasteiger partial charge is 0.416 e. The Balaban J connectivity index is 1.85. The van der Waals surface area contributed by atoms with Crippen LogP contribution in [0, 0.1) is 6.92 Å². The van der Waals surface area contributed by atoms with Crippen molar-refractivity contribution in [2.45, 2.75) is 13.1 Å². The predicted octanol–water partition coefficient (Wildman–Crippen LogP) is 5.39. The number of aromatic nitrogens is 1. The highest BCUT2D eigenvalue weighted by Gasteiger charge is 2.31. The van der Waals surface area contributed by atoms with Crippen LogP contribution < -0.4 is 5.32 Å². The van der Waals surface area contributed by atoms with Crippen LogP contribution in [0.1, 0.15) is 21.5 Å². The Morgan fingerprint density at radius 2 is 1.84 bits per heavy atom. The van der Waals surface area contributed by atoms with Crippen molar-refractivity contribution in [1.82, 2.24) is 4.98 Å². The maximum atomic E-state index is 13.0. The molecule has 0 aliphatic rings. The van der Waals surface area contributed by atoms with Crippen LogP contribution >= 0.6 is 11.3 Å². The summed E-state index contributed by atoms with van der Waals surface area (Å²) in [7, 11) is 0. The number of hydrogen-bond donors (Lipinski definition) is 1. The maximum Gasteiger partial charge on any atom is 0.416 e. The molecule has 0 fully saturated rings. The molecule has 0 atom stereocenters. The van der Waals surface area contributed by atoms with Crippen molar-refractivity contribution in [3.63, 3.8) is 0 Å². The molecule has 0 saturated heterocycles. The van der Waals surface area contributed by atoms with Gasteiger partial charge in [0.15, 0.2) is 5.13 Å².